The van der Waals surface area contributed by atoms with Crippen LogP contribution in [0.4, 0.5) is 0 Å². The number of carbonyl (C=O) groups excluding carboxylic acids is 2. The number of alkyl halides is 1. The van der Waals surface area contributed by atoms with Crippen LogP contribution in [0.25, 0.3) is 0 Å². The number of unbranched alkanes of at least 4 members (excludes halogenated alkanes) is 2. The van der Waals surface area contributed by atoms with Crippen LogP contribution >= 0.6 is 15.9 Å². The van der Waals surface area contributed by atoms with E-state index in [4.69, 9.17) is 4.74 Å². The molecule has 0 saturated carbocycles. The first-order valence-corrected chi connectivity index (χ1v) is 7.75. The molecule has 1 aromatic carbocycles. The zero-order chi connectivity index (χ0) is 15.7. The molecule has 0 aliphatic heterocycles. The smallest absolute Gasteiger partial charge is 0.338 e. The van der Waals surface area contributed by atoms with Crippen LogP contribution in [0.3, 0.4) is 0 Å². The van der Waals surface area contributed by atoms with Crippen LogP contribution in [0.2, 0.25) is 0 Å². The average Bonchev–Trinajstić information content (AvgIpc) is 2.52. The minimum Gasteiger partial charge on any atom is -0.494 e. The fraction of sp³-hybridized carbons (Fsp3) is 0.467. The van der Waals surface area contributed by atoms with Crippen molar-refractivity contribution in [2.45, 2.75) is 19.3 Å². The lowest BCUT2D eigenvalue weighted by Crippen LogP contribution is -2.08. The molecule has 0 fully saturated rings. The molecule has 0 saturated heterocycles. The Morgan fingerprint density at radius 2 is 1.52 bits per heavy atom. The van der Waals surface area contributed by atoms with Gasteiger partial charge in [-0.3, -0.25) is 0 Å². The summed E-state index contributed by atoms with van der Waals surface area (Å²) in [6.45, 7) is 0.526. The van der Waals surface area contributed by atoms with Gasteiger partial charge in [0.1, 0.15) is 5.75 Å². The Labute approximate surface area is 132 Å². The van der Waals surface area contributed by atoms with E-state index in [0.717, 1.165) is 24.6 Å². The number of rotatable bonds is 8. The molecule has 1 aromatic rings. The topological polar surface area (TPSA) is 61.8 Å². The first-order chi connectivity index (χ1) is 10.1. The van der Waals surface area contributed by atoms with E-state index in [1.54, 1.807) is 12.1 Å². The van der Waals surface area contributed by atoms with Gasteiger partial charge in [-0.1, -0.05) is 15.9 Å². The molecular weight excluding hydrogens is 340 g/mol. The number of methoxy groups -OCH3 is 2. The second-order valence-corrected chi connectivity index (χ2v) is 5.12. The number of benzene rings is 1. The normalized spacial score (nSPS) is 10.0. The number of ether oxygens (including phenoxy) is 3. The van der Waals surface area contributed by atoms with Gasteiger partial charge in [-0.15, -0.1) is 0 Å². The first kappa shape index (κ1) is 17.5. The van der Waals surface area contributed by atoms with E-state index in [1.807, 2.05) is 0 Å². The molecule has 0 aromatic heterocycles. The highest BCUT2D eigenvalue weighted by molar-refractivity contribution is 9.09. The third-order valence-electron chi connectivity index (χ3n) is 2.80. The number of carbonyl (C=O) groups is 2. The van der Waals surface area contributed by atoms with Crippen molar-refractivity contribution >= 4 is 27.9 Å². The van der Waals surface area contributed by atoms with Crippen molar-refractivity contribution in [1.29, 1.82) is 0 Å². The van der Waals surface area contributed by atoms with Crippen molar-refractivity contribution in [3.05, 3.63) is 29.3 Å². The molecule has 21 heavy (non-hydrogen) atoms. The fourth-order valence-corrected chi connectivity index (χ4v) is 2.11. The maximum atomic E-state index is 11.6. The Bertz CT molecular complexity index is 453. The van der Waals surface area contributed by atoms with Crippen molar-refractivity contribution in [2.24, 2.45) is 0 Å². The number of hydrogen-bond acceptors (Lipinski definition) is 5. The van der Waals surface area contributed by atoms with E-state index in [2.05, 4.69) is 25.4 Å². The highest BCUT2D eigenvalue weighted by Gasteiger charge is 2.14. The molecule has 0 aliphatic rings. The van der Waals surface area contributed by atoms with Crippen LogP contribution < -0.4 is 4.74 Å². The molecule has 0 spiro atoms. The van der Waals surface area contributed by atoms with Crippen molar-refractivity contribution < 1.29 is 23.8 Å². The summed E-state index contributed by atoms with van der Waals surface area (Å²) in [5.74, 6) is -0.591. The van der Waals surface area contributed by atoms with Gasteiger partial charge in [-0.25, -0.2) is 9.59 Å². The summed E-state index contributed by atoms with van der Waals surface area (Å²) in [5.41, 5.74) is 0.520. The SMILES string of the molecule is COC(=O)c1cc(OCCCCCBr)cc(C(=O)OC)c1. The molecule has 0 atom stereocenters. The summed E-state index contributed by atoms with van der Waals surface area (Å²) in [6, 6.07) is 4.54. The van der Waals surface area contributed by atoms with Gasteiger partial charge in [0.2, 0.25) is 0 Å². The molecule has 0 aliphatic carbocycles. The minimum absolute atomic E-state index is 0.260. The van der Waals surface area contributed by atoms with Crippen molar-refractivity contribution in [2.75, 3.05) is 26.2 Å². The van der Waals surface area contributed by atoms with Gasteiger partial charge in [-0.05, 0) is 37.5 Å². The summed E-state index contributed by atoms with van der Waals surface area (Å²) >= 11 is 3.37. The van der Waals surface area contributed by atoms with Gasteiger partial charge in [0.25, 0.3) is 0 Å². The standard InChI is InChI=1S/C15H19BrO5/c1-19-14(17)11-8-12(15(18)20-2)10-13(9-11)21-7-5-3-4-6-16/h8-10H,3-7H2,1-2H3. The Hall–Kier alpha value is -1.56. The van der Waals surface area contributed by atoms with E-state index in [0.29, 0.717) is 12.4 Å². The summed E-state index contributed by atoms with van der Waals surface area (Å²) in [4.78, 5) is 23.2. The van der Waals surface area contributed by atoms with E-state index >= 15 is 0 Å². The monoisotopic (exact) mass is 358 g/mol. The molecule has 1 rings (SSSR count). The first-order valence-electron chi connectivity index (χ1n) is 6.63. The number of halogens is 1. The molecule has 0 heterocycles. The second-order valence-electron chi connectivity index (χ2n) is 4.33. The van der Waals surface area contributed by atoms with Crippen LogP contribution in [0, 0.1) is 0 Å². The number of hydrogen-bond donors (Lipinski definition) is 0. The fourth-order valence-electron chi connectivity index (χ4n) is 1.72. The van der Waals surface area contributed by atoms with E-state index < -0.39 is 11.9 Å². The predicted octanol–water partition coefficient (Wildman–Crippen LogP) is 3.20. The molecular formula is C15H19BrO5. The van der Waals surface area contributed by atoms with E-state index in [1.165, 1.54) is 20.3 Å². The lowest BCUT2D eigenvalue weighted by molar-refractivity contribution is 0.0598. The van der Waals surface area contributed by atoms with Crippen LogP contribution in [-0.2, 0) is 9.47 Å². The highest BCUT2D eigenvalue weighted by Crippen LogP contribution is 2.19. The zero-order valence-corrected chi connectivity index (χ0v) is 13.8. The molecule has 0 unspecified atom stereocenters. The third kappa shape index (κ3) is 5.75. The zero-order valence-electron chi connectivity index (χ0n) is 12.2. The molecule has 0 bridgehead atoms. The Kier molecular flexibility index (Phi) is 7.82. The van der Waals surface area contributed by atoms with Crippen molar-refractivity contribution in [1.82, 2.24) is 0 Å². The van der Waals surface area contributed by atoms with Gasteiger partial charge in [0.05, 0.1) is 32.0 Å². The summed E-state index contributed by atoms with van der Waals surface area (Å²) in [5, 5.41) is 0.970. The minimum atomic E-state index is -0.523. The lowest BCUT2D eigenvalue weighted by Gasteiger charge is -2.09. The lowest BCUT2D eigenvalue weighted by atomic mass is 10.1. The molecule has 0 radical (unpaired) electrons. The van der Waals surface area contributed by atoms with Crippen LogP contribution in [0.15, 0.2) is 18.2 Å². The molecule has 0 amide bonds. The quantitative estimate of drug-likeness (QED) is 0.405. The van der Waals surface area contributed by atoms with Crippen LogP contribution in [-0.4, -0.2) is 38.1 Å². The second kappa shape index (κ2) is 9.39. The van der Waals surface area contributed by atoms with Gasteiger partial charge in [0, 0.05) is 5.33 Å². The summed E-state index contributed by atoms with van der Waals surface area (Å²) in [6.07, 6.45) is 3.03. The van der Waals surface area contributed by atoms with Gasteiger partial charge >= 0.3 is 11.9 Å². The summed E-state index contributed by atoms with van der Waals surface area (Å²) < 4.78 is 14.9. The van der Waals surface area contributed by atoms with Gasteiger partial charge in [0.15, 0.2) is 0 Å². The van der Waals surface area contributed by atoms with Gasteiger partial charge < -0.3 is 14.2 Å². The molecule has 116 valence electrons. The largest absolute Gasteiger partial charge is 0.494 e. The molecule has 6 heteroatoms. The Balaban J connectivity index is 2.81. The highest BCUT2D eigenvalue weighted by atomic mass is 79.9. The van der Waals surface area contributed by atoms with E-state index in [9.17, 15) is 9.59 Å². The van der Waals surface area contributed by atoms with E-state index in [-0.39, 0.29) is 11.1 Å². The third-order valence-corrected chi connectivity index (χ3v) is 3.36. The maximum absolute atomic E-state index is 11.6. The molecule has 0 N–H and O–H groups in total. The molecule has 5 nitrogen and oxygen atoms in total. The van der Waals surface area contributed by atoms with Crippen LogP contribution in [0.1, 0.15) is 40.0 Å². The number of esters is 2. The van der Waals surface area contributed by atoms with Crippen molar-refractivity contribution in [3.63, 3.8) is 0 Å². The Morgan fingerprint density at radius 1 is 0.952 bits per heavy atom. The maximum Gasteiger partial charge on any atom is 0.338 e. The van der Waals surface area contributed by atoms with Crippen molar-refractivity contribution in [3.8, 4) is 5.75 Å². The Morgan fingerprint density at radius 3 is 2.00 bits per heavy atom. The average molecular weight is 359 g/mol. The predicted molar refractivity (Wildman–Crippen MR) is 82.3 cm³/mol. The summed E-state index contributed by atoms with van der Waals surface area (Å²) in [7, 11) is 2.57. The van der Waals surface area contributed by atoms with Crippen LogP contribution in [0.5, 0.6) is 5.75 Å². The van der Waals surface area contributed by atoms with Gasteiger partial charge in [-0.2, -0.15) is 0 Å².